The van der Waals surface area contributed by atoms with Crippen LogP contribution in [0.3, 0.4) is 0 Å². The number of thiophene rings is 1. The summed E-state index contributed by atoms with van der Waals surface area (Å²) in [7, 11) is 0. The van der Waals surface area contributed by atoms with E-state index >= 15 is 0 Å². The van der Waals surface area contributed by atoms with E-state index in [1.54, 1.807) is 18.3 Å². The first kappa shape index (κ1) is 25.6. The summed E-state index contributed by atoms with van der Waals surface area (Å²) in [6.45, 7) is 9.60. The van der Waals surface area contributed by atoms with E-state index in [0.29, 0.717) is 22.4 Å². The zero-order valence-corrected chi connectivity index (χ0v) is 28.6. The quantitative estimate of drug-likeness (QED) is 0.168. The molecule has 4 nitrogen and oxygen atoms in total. The van der Waals surface area contributed by atoms with Gasteiger partial charge in [0.05, 0.1) is 5.58 Å². The monoisotopic (exact) mass is 779 g/mol. The Morgan fingerprint density at radius 1 is 0.909 bits per heavy atom. The Balaban J connectivity index is 0.000000246. The Bertz CT molecular complexity index is 2290. The molecule has 7 aromatic rings. The van der Waals surface area contributed by atoms with Gasteiger partial charge in [0.2, 0.25) is 5.71 Å². The first-order chi connectivity index (χ1) is 22.5. The van der Waals surface area contributed by atoms with Crippen LogP contribution in [0.1, 0.15) is 55.6 Å². The van der Waals surface area contributed by atoms with Crippen molar-refractivity contribution < 1.29 is 31.4 Å². The minimum Gasteiger partial charge on any atom is -0.486 e. The second-order valence-corrected chi connectivity index (χ2v) is 12.7. The van der Waals surface area contributed by atoms with Crippen molar-refractivity contribution in [3.05, 3.63) is 112 Å². The van der Waals surface area contributed by atoms with Crippen LogP contribution in [-0.2, 0) is 26.5 Å². The molecule has 0 atom stereocenters. The molecule has 0 saturated heterocycles. The molecule has 0 N–H and O–H groups in total. The molecule has 6 heteroatoms. The summed E-state index contributed by atoms with van der Waals surface area (Å²) < 4.78 is 47.0. The number of nitrogens with zero attached hydrogens (tertiary/aromatic N) is 3. The molecule has 225 valence electrons. The van der Waals surface area contributed by atoms with E-state index in [4.69, 9.17) is 11.3 Å². The summed E-state index contributed by atoms with van der Waals surface area (Å²) >= 11 is 1.48. The zero-order valence-electron chi connectivity index (χ0n) is 30.4. The Hall–Kier alpha value is -3.70. The molecule has 0 unspecified atom stereocenters. The van der Waals surface area contributed by atoms with Crippen molar-refractivity contribution >= 4 is 43.5 Å². The molecule has 0 fully saturated rings. The fourth-order valence-electron chi connectivity index (χ4n) is 4.81. The SMILES string of the molecule is Cc1c[c-]c(-c2cc(C)c(C)cn2)cc1.[2H]C([2H])([2H])c1ccc2c(n1)oc1c(-c3cc4scc(C([2H])([2H])C(C)(C)C)c4cn3)[c-]ccc12.[Ir]. The second-order valence-electron chi connectivity index (χ2n) is 11.8. The van der Waals surface area contributed by atoms with E-state index in [9.17, 15) is 0 Å². The van der Waals surface area contributed by atoms with Gasteiger partial charge in [-0.05, 0) is 72.5 Å². The van der Waals surface area contributed by atoms with Crippen molar-refractivity contribution in [1.82, 2.24) is 15.0 Å². The summed E-state index contributed by atoms with van der Waals surface area (Å²) in [5.74, 6) is 0. The zero-order chi connectivity index (χ0) is 34.6. The van der Waals surface area contributed by atoms with Gasteiger partial charge in [0.15, 0.2) is 0 Å². The molecular formula is C38H35IrN3OS-2. The molecule has 0 aliphatic heterocycles. The van der Waals surface area contributed by atoms with Gasteiger partial charge in [-0.1, -0.05) is 56.3 Å². The van der Waals surface area contributed by atoms with Crippen LogP contribution >= 0.6 is 11.3 Å². The van der Waals surface area contributed by atoms with Crippen molar-refractivity contribution in [2.75, 3.05) is 0 Å². The fraction of sp³-hybridized carbons (Fsp3) is 0.237. The van der Waals surface area contributed by atoms with Crippen LogP contribution in [0.5, 0.6) is 0 Å². The maximum atomic E-state index is 8.64. The molecule has 1 radical (unpaired) electrons. The number of hydrogen-bond acceptors (Lipinski definition) is 5. The van der Waals surface area contributed by atoms with Crippen LogP contribution in [0.4, 0.5) is 0 Å². The minimum atomic E-state index is -2.32. The first-order valence-electron chi connectivity index (χ1n) is 16.6. The Kier molecular flexibility index (Phi) is 7.41. The summed E-state index contributed by atoms with van der Waals surface area (Å²) in [6, 6.07) is 23.5. The molecule has 5 heterocycles. The maximum absolute atomic E-state index is 8.64. The Morgan fingerprint density at radius 2 is 1.73 bits per heavy atom. The minimum absolute atomic E-state index is 0. The summed E-state index contributed by atoms with van der Waals surface area (Å²) in [6.07, 6.45) is 2.12. The number of fused-ring (bicyclic) bond motifs is 4. The van der Waals surface area contributed by atoms with Gasteiger partial charge in [-0.15, -0.1) is 64.9 Å². The van der Waals surface area contributed by atoms with E-state index in [0.717, 1.165) is 32.1 Å². The molecule has 0 bridgehead atoms. The summed E-state index contributed by atoms with van der Waals surface area (Å²) in [4.78, 5) is 13.2. The fourth-order valence-corrected chi connectivity index (χ4v) is 5.71. The van der Waals surface area contributed by atoms with Crippen molar-refractivity contribution in [2.24, 2.45) is 5.41 Å². The molecule has 0 aliphatic carbocycles. The Morgan fingerprint density at radius 3 is 2.45 bits per heavy atom. The topological polar surface area (TPSA) is 51.8 Å². The van der Waals surface area contributed by atoms with Crippen LogP contribution in [0, 0.1) is 45.2 Å². The van der Waals surface area contributed by atoms with Crippen molar-refractivity contribution in [2.45, 2.75) is 54.8 Å². The standard InChI is InChI=1S/C24H21N2OS.C14H14N.Ir/c1-14-8-9-17-16-6-5-7-18(22(16)27-23(17)26-14)20-10-21-19(12-25-20)15(13-28-21)11-24(2,3)4;1-10-4-6-13(7-5-10)14-8-11(2)12(3)9-15-14;/h5-6,8-10,12-13H,11H2,1-4H3;4-6,8-9H,1-3H3;/q2*-1;/i1D3,11D2;;. The number of hydrogen-bond donors (Lipinski definition) is 0. The Labute approximate surface area is 284 Å². The van der Waals surface area contributed by atoms with Gasteiger partial charge < -0.3 is 14.4 Å². The molecular weight excluding hydrogens is 739 g/mol. The van der Waals surface area contributed by atoms with Gasteiger partial charge in [-0.3, -0.25) is 0 Å². The van der Waals surface area contributed by atoms with Crippen LogP contribution < -0.4 is 0 Å². The number of pyridine rings is 3. The van der Waals surface area contributed by atoms with Gasteiger partial charge >= 0.3 is 0 Å². The van der Waals surface area contributed by atoms with E-state index in [2.05, 4.69) is 66.1 Å². The summed E-state index contributed by atoms with van der Waals surface area (Å²) in [5.41, 5.74) is 7.94. The molecule has 7 rings (SSSR count). The van der Waals surface area contributed by atoms with Crippen LogP contribution in [0.2, 0.25) is 0 Å². The molecule has 44 heavy (non-hydrogen) atoms. The molecule has 5 aromatic heterocycles. The number of rotatable bonds is 3. The van der Waals surface area contributed by atoms with Crippen molar-refractivity contribution in [1.29, 1.82) is 0 Å². The predicted octanol–water partition coefficient (Wildman–Crippen LogP) is 10.4. The normalized spacial score (nSPS) is 13.7. The predicted molar refractivity (Wildman–Crippen MR) is 180 cm³/mol. The number of aryl methyl sites for hydroxylation is 4. The largest absolute Gasteiger partial charge is 0.486 e. The molecule has 0 saturated carbocycles. The van der Waals surface area contributed by atoms with Crippen LogP contribution in [0.25, 0.3) is 54.7 Å². The van der Waals surface area contributed by atoms with Crippen molar-refractivity contribution in [3.63, 3.8) is 0 Å². The second kappa shape index (κ2) is 12.7. The molecule has 0 amide bonds. The maximum Gasteiger partial charge on any atom is 0.216 e. The summed E-state index contributed by atoms with van der Waals surface area (Å²) in [5, 5.41) is 4.20. The third-order valence-electron chi connectivity index (χ3n) is 7.14. The van der Waals surface area contributed by atoms with Gasteiger partial charge in [0.1, 0.15) is 0 Å². The number of benzene rings is 2. The van der Waals surface area contributed by atoms with Gasteiger partial charge in [-0.25, -0.2) is 4.98 Å². The third kappa shape index (κ3) is 6.68. The molecule has 0 spiro atoms. The number of aromatic nitrogens is 3. The molecule has 0 aliphatic rings. The van der Waals surface area contributed by atoms with Crippen LogP contribution in [0.15, 0.2) is 76.8 Å². The smallest absolute Gasteiger partial charge is 0.216 e. The number of furan rings is 1. The third-order valence-corrected chi connectivity index (χ3v) is 8.09. The van der Waals surface area contributed by atoms with Crippen LogP contribution in [-0.4, -0.2) is 15.0 Å². The van der Waals surface area contributed by atoms with Crippen molar-refractivity contribution in [3.8, 4) is 22.5 Å². The van der Waals surface area contributed by atoms with Gasteiger partial charge in [-0.2, -0.15) is 0 Å². The first-order valence-corrected chi connectivity index (χ1v) is 15.0. The van der Waals surface area contributed by atoms with E-state index in [1.807, 2.05) is 50.5 Å². The average Bonchev–Trinajstić information content (AvgIpc) is 3.63. The average molecular weight is 779 g/mol. The molecule has 2 aromatic carbocycles. The van der Waals surface area contributed by atoms with E-state index < -0.39 is 18.6 Å². The van der Waals surface area contributed by atoms with E-state index in [-0.39, 0.29) is 31.5 Å². The van der Waals surface area contributed by atoms with Gasteiger partial charge in [0, 0.05) is 60.5 Å². The van der Waals surface area contributed by atoms with E-state index in [1.165, 1.54) is 34.1 Å². The van der Waals surface area contributed by atoms with Gasteiger partial charge in [0.25, 0.3) is 0 Å².